The van der Waals surface area contributed by atoms with Crippen molar-refractivity contribution in [1.82, 2.24) is 5.32 Å². The van der Waals surface area contributed by atoms with Crippen LogP contribution in [0, 0.1) is 26.7 Å². The molecule has 2 aromatic heterocycles. The quantitative estimate of drug-likeness (QED) is 0.697. The zero-order chi connectivity index (χ0) is 19.0. The molecule has 0 fully saturated rings. The molecule has 5 nitrogen and oxygen atoms in total. The molecule has 138 valence electrons. The minimum atomic E-state index is -0.377. The van der Waals surface area contributed by atoms with Crippen molar-refractivity contribution in [2.45, 2.75) is 47.5 Å². The Hall–Kier alpha value is -2.56. The molecule has 5 heteroatoms. The molecule has 1 aromatic carbocycles. The molecule has 0 aliphatic heterocycles. The highest BCUT2D eigenvalue weighted by Crippen LogP contribution is 2.32. The first kappa shape index (κ1) is 18.2. The van der Waals surface area contributed by atoms with Crippen molar-refractivity contribution in [3.63, 3.8) is 0 Å². The molecule has 3 rings (SSSR count). The van der Waals surface area contributed by atoms with Crippen molar-refractivity contribution in [3.05, 3.63) is 45.0 Å². The third-order valence-corrected chi connectivity index (χ3v) is 4.84. The van der Waals surface area contributed by atoms with E-state index in [1.54, 1.807) is 6.26 Å². The Morgan fingerprint density at radius 2 is 1.85 bits per heavy atom. The zero-order valence-electron chi connectivity index (χ0n) is 16.0. The summed E-state index contributed by atoms with van der Waals surface area (Å²) in [5.74, 6) is 0.352. The number of rotatable bonds is 5. The van der Waals surface area contributed by atoms with E-state index in [4.69, 9.17) is 8.83 Å². The van der Waals surface area contributed by atoms with Gasteiger partial charge in [-0.15, -0.1) is 0 Å². The van der Waals surface area contributed by atoms with Gasteiger partial charge < -0.3 is 14.2 Å². The summed E-state index contributed by atoms with van der Waals surface area (Å²) in [5.41, 5.74) is 4.24. The standard InChI is InChI=1S/C21H25NO4/c1-11(2)9-22-18(23)7-6-15-13(4)17-8-16-12(3)10-25-19(16)14(5)20(17)26-21(15)24/h8,10-11H,6-7,9H2,1-5H3,(H,22,23). The molecule has 1 amide bonds. The van der Waals surface area contributed by atoms with Crippen LogP contribution in [0.3, 0.4) is 0 Å². The van der Waals surface area contributed by atoms with Crippen LogP contribution >= 0.6 is 0 Å². The molecule has 3 aromatic rings. The van der Waals surface area contributed by atoms with E-state index in [0.29, 0.717) is 30.0 Å². The monoisotopic (exact) mass is 355 g/mol. The van der Waals surface area contributed by atoms with Gasteiger partial charge in [-0.25, -0.2) is 4.79 Å². The fourth-order valence-corrected chi connectivity index (χ4v) is 3.25. The highest BCUT2D eigenvalue weighted by atomic mass is 16.4. The summed E-state index contributed by atoms with van der Waals surface area (Å²) in [6, 6.07) is 2.01. The maximum atomic E-state index is 12.5. The summed E-state index contributed by atoms with van der Waals surface area (Å²) >= 11 is 0. The number of fused-ring (bicyclic) bond motifs is 2. The normalized spacial score (nSPS) is 11.6. The van der Waals surface area contributed by atoms with Crippen molar-refractivity contribution in [2.24, 2.45) is 5.92 Å². The fourth-order valence-electron chi connectivity index (χ4n) is 3.25. The lowest BCUT2D eigenvalue weighted by atomic mass is 9.98. The summed E-state index contributed by atoms with van der Waals surface area (Å²) in [4.78, 5) is 24.5. The summed E-state index contributed by atoms with van der Waals surface area (Å²) in [7, 11) is 0. The number of hydrogen-bond acceptors (Lipinski definition) is 4. The molecule has 2 heterocycles. The van der Waals surface area contributed by atoms with Crippen LogP contribution in [0.25, 0.3) is 21.9 Å². The average molecular weight is 355 g/mol. The van der Waals surface area contributed by atoms with Gasteiger partial charge in [0.2, 0.25) is 5.91 Å². The van der Waals surface area contributed by atoms with Crippen molar-refractivity contribution in [1.29, 1.82) is 0 Å². The highest BCUT2D eigenvalue weighted by molar-refractivity contribution is 5.99. The van der Waals surface area contributed by atoms with Crippen LogP contribution < -0.4 is 10.9 Å². The van der Waals surface area contributed by atoms with Gasteiger partial charge in [0.15, 0.2) is 0 Å². The number of nitrogens with one attached hydrogen (secondary N) is 1. The predicted molar refractivity (Wildman–Crippen MR) is 103 cm³/mol. The van der Waals surface area contributed by atoms with E-state index in [-0.39, 0.29) is 18.0 Å². The van der Waals surface area contributed by atoms with Gasteiger partial charge in [-0.05, 0) is 50.3 Å². The number of carbonyl (C=O) groups excluding carboxylic acids is 1. The van der Waals surface area contributed by atoms with Gasteiger partial charge in [-0.1, -0.05) is 13.8 Å². The number of furan rings is 1. The molecule has 0 atom stereocenters. The number of amides is 1. The summed E-state index contributed by atoms with van der Waals surface area (Å²) in [6.45, 7) is 10.5. The molecule has 0 saturated carbocycles. The minimum absolute atomic E-state index is 0.0464. The molecule has 0 aliphatic rings. The van der Waals surface area contributed by atoms with E-state index >= 15 is 0 Å². The Morgan fingerprint density at radius 1 is 1.12 bits per heavy atom. The van der Waals surface area contributed by atoms with E-state index in [0.717, 1.165) is 33.0 Å². The first-order valence-corrected chi connectivity index (χ1v) is 9.00. The predicted octanol–water partition coefficient (Wildman–Crippen LogP) is 4.17. The second kappa shape index (κ2) is 6.98. The largest absolute Gasteiger partial charge is 0.464 e. The second-order valence-electron chi connectivity index (χ2n) is 7.36. The van der Waals surface area contributed by atoms with Crippen molar-refractivity contribution in [3.8, 4) is 0 Å². The van der Waals surface area contributed by atoms with Crippen molar-refractivity contribution >= 4 is 27.8 Å². The van der Waals surface area contributed by atoms with Gasteiger partial charge in [0.05, 0.1) is 6.26 Å². The van der Waals surface area contributed by atoms with Gasteiger partial charge in [-0.2, -0.15) is 0 Å². The molecule has 0 aliphatic carbocycles. The van der Waals surface area contributed by atoms with Crippen LogP contribution in [0.4, 0.5) is 0 Å². The smallest absolute Gasteiger partial charge is 0.339 e. The van der Waals surface area contributed by atoms with Crippen molar-refractivity contribution < 1.29 is 13.6 Å². The molecular weight excluding hydrogens is 330 g/mol. The molecule has 0 saturated heterocycles. The third kappa shape index (κ3) is 3.26. The Kier molecular flexibility index (Phi) is 4.90. The van der Waals surface area contributed by atoms with Gasteiger partial charge >= 0.3 is 5.63 Å². The van der Waals surface area contributed by atoms with E-state index in [1.807, 2.05) is 40.7 Å². The Balaban J connectivity index is 1.99. The lowest BCUT2D eigenvalue weighted by molar-refractivity contribution is -0.121. The molecule has 26 heavy (non-hydrogen) atoms. The number of benzene rings is 1. The summed E-state index contributed by atoms with van der Waals surface area (Å²) in [5, 5.41) is 4.80. The lowest BCUT2D eigenvalue weighted by Crippen LogP contribution is -2.28. The molecule has 0 radical (unpaired) electrons. The van der Waals surface area contributed by atoms with E-state index in [1.165, 1.54) is 0 Å². The summed E-state index contributed by atoms with van der Waals surface area (Å²) < 4.78 is 11.2. The van der Waals surface area contributed by atoms with E-state index in [9.17, 15) is 9.59 Å². The Bertz CT molecular complexity index is 1040. The molecule has 0 bridgehead atoms. The van der Waals surface area contributed by atoms with Crippen molar-refractivity contribution in [2.75, 3.05) is 6.54 Å². The van der Waals surface area contributed by atoms with E-state index < -0.39 is 0 Å². The molecule has 0 unspecified atom stereocenters. The first-order chi connectivity index (χ1) is 12.3. The second-order valence-corrected chi connectivity index (χ2v) is 7.36. The maximum absolute atomic E-state index is 12.5. The Morgan fingerprint density at radius 3 is 2.54 bits per heavy atom. The first-order valence-electron chi connectivity index (χ1n) is 9.00. The number of carbonyl (C=O) groups is 1. The van der Waals surface area contributed by atoms with Crippen LogP contribution in [0.15, 0.2) is 26.0 Å². The molecule has 0 spiro atoms. The van der Waals surface area contributed by atoms with Crippen LogP contribution in [0.5, 0.6) is 0 Å². The fraction of sp³-hybridized carbons (Fsp3) is 0.429. The lowest BCUT2D eigenvalue weighted by Gasteiger charge is -2.11. The summed E-state index contributed by atoms with van der Waals surface area (Å²) in [6.07, 6.45) is 2.36. The topological polar surface area (TPSA) is 72.5 Å². The van der Waals surface area contributed by atoms with Crippen LogP contribution in [-0.2, 0) is 11.2 Å². The van der Waals surface area contributed by atoms with Crippen LogP contribution in [0.2, 0.25) is 0 Å². The van der Waals surface area contributed by atoms with Gasteiger partial charge in [0.25, 0.3) is 0 Å². The third-order valence-electron chi connectivity index (χ3n) is 4.84. The maximum Gasteiger partial charge on any atom is 0.339 e. The van der Waals surface area contributed by atoms with E-state index in [2.05, 4.69) is 5.32 Å². The zero-order valence-corrected chi connectivity index (χ0v) is 16.0. The van der Waals surface area contributed by atoms with Gasteiger partial charge in [-0.3, -0.25) is 4.79 Å². The van der Waals surface area contributed by atoms with Gasteiger partial charge in [0.1, 0.15) is 11.2 Å². The SMILES string of the molecule is Cc1coc2c(C)c3oc(=O)c(CCC(=O)NCC(C)C)c(C)c3cc12. The highest BCUT2D eigenvalue weighted by Gasteiger charge is 2.18. The molecule has 1 N–H and O–H groups in total. The van der Waals surface area contributed by atoms with Gasteiger partial charge in [0, 0.05) is 34.9 Å². The molecular formula is C21H25NO4. The number of hydrogen-bond donors (Lipinski definition) is 1. The van der Waals surface area contributed by atoms with Crippen LogP contribution in [0.1, 0.15) is 42.5 Å². The number of aryl methyl sites for hydroxylation is 3. The Labute approximate surface area is 152 Å². The van der Waals surface area contributed by atoms with Crippen LogP contribution in [-0.4, -0.2) is 12.5 Å². The average Bonchev–Trinajstić information content (AvgIpc) is 2.95. The minimum Gasteiger partial charge on any atom is -0.464 e.